The van der Waals surface area contributed by atoms with Gasteiger partial charge >= 0.3 is 0 Å². The van der Waals surface area contributed by atoms with Crippen molar-refractivity contribution in [3.8, 4) is 0 Å². The van der Waals surface area contributed by atoms with Crippen LogP contribution in [0.1, 0.15) is 46.5 Å². The van der Waals surface area contributed by atoms with E-state index in [0.717, 1.165) is 37.4 Å². The Morgan fingerprint density at radius 1 is 1.38 bits per heavy atom. The third-order valence-corrected chi connectivity index (χ3v) is 5.63. The molecule has 2 heterocycles. The first-order chi connectivity index (χ1) is 13.9. The van der Waals surface area contributed by atoms with E-state index >= 15 is 0 Å². The summed E-state index contributed by atoms with van der Waals surface area (Å²) in [5.74, 6) is 0.891. The molecule has 29 heavy (non-hydrogen) atoms. The molecule has 0 N–H and O–H groups in total. The first kappa shape index (κ1) is 24.1. The van der Waals surface area contributed by atoms with Gasteiger partial charge in [-0.25, -0.2) is 4.39 Å². The van der Waals surface area contributed by atoms with Crippen LogP contribution >= 0.6 is 23.2 Å². The Bertz CT molecular complexity index is 700. The quantitative estimate of drug-likeness (QED) is 0.288. The molecular weight excluding hydrogens is 412 g/mol. The maximum atomic E-state index is 13.3. The Balaban J connectivity index is 2.21. The number of alkyl halides is 1. The summed E-state index contributed by atoms with van der Waals surface area (Å²) in [5, 5.41) is 1.06. The minimum absolute atomic E-state index is 0.281. The van der Waals surface area contributed by atoms with Crippen LogP contribution in [0.4, 0.5) is 4.39 Å². The van der Waals surface area contributed by atoms with Crippen LogP contribution in [0.2, 0.25) is 0 Å². The fraction of sp³-hybridized carbons (Fsp3) is 0.636. The number of allylic oxidation sites excluding steroid dienone is 4. The van der Waals surface area contributed by atoms with E-state index in [2.05, 4.69) is 22.9 Å². The molecule has 2 rings (SSSR count). The molecule has 1 unspecified atom stereocenters. The minimum atomic E-state index is -0.496. The van der Waals surface area contributed by atoms with Crippen molar-refractivity contribution >= 4 is 34.7 Å². The smallest absolute Gasteiger partial charge is 0.117 e. The summed E-state index contributed by atoms with van der Waals surface area (Å²) in [6, 6.07) is 0.281. The maximum Gasteiger partial charge on any atom is 0.117 e. The van der Waals surface area contributed by atoms with Crippen molar-refractivity contribution in [1.29, 1.82) is 0 Å². The van der Waals surface area contributed by atoms with E-state index in [4.69, 9.17) is 32.9 Å². The molecule has 2 aliphatic heterocycles. The number of hydrogen-bond donors (Lipinski definition) is 0. The molecule has 162 valence electrons. The van der Waals surface area contributed by atoms with Gasteiger partial charge in [-0.2, -0.15) is 0 Å². The molecule has 7 heteroatoms. The predicted molar refractivity (Wildman–Crippen MR) is 122 cm³/mol. The van der Waals surface area contributed by atoms with Crippen LogP contribution in [0, 0.1) is 0 Å². The van der Waals surface area contributed by atoms with E-state index in [0.29, 0.717) is 36.2 Å². The van der Waals surface area contributed by atoms with Crippen LogP contribution < -0.4 is 0 Å². The highest BCUT2D eigenvalue weighted by Crippen LogP contribution is 2.21. The zero-order chi connectivity index (χ0) is 21.2. The van der Waals surface area contributed by atoms with Crippen LogP contribution in [0.5, 0.6) is 0 Å². The highest BCUT2D eigenvalue weighted by atomic mass is 35.5. The van der Waals surface area contributed by atoms with Crippen molar-refractivity contribution in [2.75, 3.05) is 32.9 Å². The van der Waals surface area contributed by atoms with Gasteiger partial charge < -0.3 is 9.64 Å². The number of dihydropyridines is 1. The van der Waals surface area contributed by atoms with Crippen molar-refractivity contribution in [3.05, 3.63) is 33.9 Å². The molecule has 2 aliphatic rings. The number of aliphatic imine (C=N–C) groups is 2. The van der Waals surface area contributed by atoms with Gasteiger partial charge in [0.15, 0.2) is 0 Å². The Hall–Kier alpha value is -1.17. The van der Waals surface area contributed by atoms with Gasteiger partial charge in [-0.05, 0) is 44.8 Å². The van der Waals surface area contributed by atoms with Gasteiger partial charge in [0.05, 0.1) is 22.7 Å². The maximum absolute atomic E-state index is 13.3. The fourth-order valence-corrected chi connectivity index (χ4v) is 3.92. The summed E-state index contributed by atoms with van der Waals surface area (Å²) in [5.41, 5.74) is 2.30. The molecule has 0 aromatic carbocycles. The fourth-order valence-electron chi connectivity index (χ4n) is 3.54. The Labute approximate surface area is 184 Å². The predicted octanol–water partition coefficient (Wildman–Crippen LogP) is 5.67. The van der Waals surface area contributed by atoms with Crippen LogP contribution in [0.3, 0.4) is 0 Å². The summed E-state index contributed by atoms with van der Waals surface area (Å²) in [4.78, 5) is 11.6. The average Bonchev–Trinajstić information content (AvgIpc) is 2.93. The summed E-state index contributed by atoms with van der Waals surface area (Å²) >= 11 is 12.6. The molecular formula is C22H32Cl2FN3O. The molecule has 0 bridgehead atoms. The first-order valence-electron chi connectivity index (χ1n) is 10.3. The number of ether oxygens (including phenoxy) is 1. The van der Waals surface area contributed by atoms with Crippen LogP contribution in [-0.2, 0) is 4.74 Å². The monoisotopic (exact) mass is 443 g/mol. The molecule has 1 fully saturated rings. The zero-order valence-corrected chi connectivity index (χ0v) is 19.1. The zero-order valence-electron chi connectivity index (χ0n) is 17.6. The molecule has 0 amide bonds. The lowest BCUT2D eigenvalue weighted by Gasteiger charge is -2.26. The number of hydrogen-bond acceptors (Lipinski definition) is 3. The van der Waals surface area contributed by atoms with Gasteiger partial charge in [-0.3, -0.25) is 9.98 Å². The van der Waals surface area contributed by atoms with E-state index in [1.54, 1.807) is 0 Å². The lowest BCUT2D eigenvalue weighted by Crippen LogP contribution is -2.37. The van der Waals surface area contributed by atoms with Crippen molar-refractivity contribution in [1.82, 2.24) is 4.90 Å². The Kier molecular flexibility index (Phi) is 10.4. The molecule has 1 saturated heterocycles. The normalized spacial score (nSPS) is 24.9. The van der Waals surface area contributed by atoms with Gasteiger partial charge in [0.1, 0.15) is 18.6 Å². The Morgan fingerprint density at radius 2 is 2.14 bits per heavy atom. The summed E-state index contributed by atoms with van der Waals surface area (Å²) in [7, 11) is 0. The molecule has 0 spiro atoms. The molecule has 2 atom stereocenters. The lowest BCUT2D eigenvalue weighted by molar-refractivity contribution is 0.0428. The SMILES string of the molecule is CC/C=C(Cl)\C(Cl)=C/CC(=NCC1=CC(C)=NC(C)C1)N1CCCO[C@H](CF)C1. The average molecular weight is 444 g/mol. The topological polar surface area (TPSA) is 37.2 Å². The second kappa shape index (κ2) is 12.5. The second-order valence-electron chi connectivity index (χ2n) is 7.52. The molecule has 0 aromatic heterocycles. The van der Waals surface area contributed by atoms with E-state index in [1.807, 2.05) is 26.0 Å². The number of amidine groups is 1. The van der Waals surface area contributed by atoms with E-state index in [-0.39, 0.29) is 6.04 Å². The van der Waals surface area contributed by atoms with Gasteiger partial charge in [0.2, 0.25) is 0 Å². The number of nitrogens with zero attached hydrogens (tertiary/aromatic N) is 3. The van der Waals surface area contributed by atoms with Gasteiger partial charge in [0, 0.05) is 31.8 Å². The van der Waals surface area contributed by atoms with Gasteiger partial charge in [0.25, 0.3) is 0 Å². The van der Waals surface area contributed by atoms with E-state index in [1.165, 1.54) is 5.57 Å². The molecule has 0 saturated carbocycles. The van der Waals surface area contributed by atoms with Crippen molar-refractivity contribution in [2.24, 2.45) is 9.98 Å². The molecule has 4 nitrogen and oxygen atoms in total. The molecule has 0 aromatic rings. The van der Waals surface area contributed by atoms with Crippen LogP contribution in [0.25, 0.3) is 0 Å². The largest absolute Gasteiger partial charge is 0.374 e. The highest BCUT2D eigenvalue weighted by molar-refractivity contribution is 6.43. The van der Waals surface area contributed by atoms with Crippen molar-refractivity contribution < 1.29 is 9.13 Å². The summed E-state index contributed by atoms with van der Waals surface area (Å²) < 4.78 is 18.9. The van der Waals surface area contributed by atoms with Gasteiger partial charge in [-0.1, -0.05) is 42.3 Å². The standard InChI is InChI=1S/C22H32Cl2FN3O/c1-4-6-20(23)21(24)7-8-22(28-9-5-10-29-19(13-25)15-28)26-14-18-11-16(2)27-17(3)12-18/h6-7,11,17,19H,4-5,8-10,12-15H2,1-3H3/b20-6+,21-7+,26-22?/t17?,19-/m1/s1. The number of rotatable bonds is 7. The second-order valence-corrected chi connectivity index (χ2v) is 8.34. The van der Waals surface area contributed by atoms with Crippen molar-refractivity contribution in [3.63, 3.8) is 0 Å². The van der Waals surface area contributed by atoms with Crippen LogP contribution in [0.15, 0.2) is 43.9 Å². The van der Waals surface area contributed by atoms with E-state index < -0.39 is 12.8 Å². The van der Waals surface area contributed by atoms with Gasteiger partial charge in [-0.15, -0.1) is 0 Å². The highest BCUT2D eigenvalue weighted by Gasteiger charge is 2.21. The molecule has 0 radical (unpaired) electrons. The summed E-state index contributed by atoms with van der Waals surface area (Å²) in [6.45, 7) is 8.10. The third-order valence-electron chi connectivity index (χ3n) is 4.82. The third kappa shape index (κ3) is 8.23. The Morgan fingerprint density at radius 3 is 2.83 bits per heavy atom. The summed E-state index contributed by atoms with van der Waals surface area (Å²) in [6.07, 6.45) is 8.57. The van der Waals surface area contributed by atoms with Crippen molar-refractivity contribution in [2.45, 2.75) is 58.6 Å². The lowest BCUT2D eigenvalue weighted by atomic mass is 10.0. The minimum Gasteiger partial charge on any atom is -0.374 e. The first-order valence-corrected chi connectivity index (χ1v) is 11.1. The van der Waals surface area contributed by atoms with E-state index in [9.17, 15) is 4.39 Å². The molecule has 0 aliphatic carbocycles. The number of halogens is 3. The van der Waals surface area contributed by atoms with Crippen LogP contribution in [-0.4, -0.2) is 61.5 Å².